The van der Waals surface area contributed by atoms with Crippen LogP contribution in [-0.2, 0) is 24.7 Å². The van der Waals surface area contributed by atoms with Gasteiger partial charge in [-0.05, 0) is 53.4 Å². The van der Waals surface area contributed by atoms with Gasteiger partial charge in [0.05, 0.1) is 0 Å². The summed E-state index contributed by atoms with van der Waals surface area (Å²) < 4.78 is 6.09. The first-order valence-corrected chi connectivity index (χ1v) is 13.9. The Morgan fingerprint density at radius 1 is 0.925 bits per heavy atom. The molecule has 4 heterocycles. The third-order valence-electron chi connectivity index (χ3n) is 8.13. The second-order valence-electron chi connectivity index (χ2n) is 10.3. The highest BCUT2D eigenvalue weighted by molar-refractivity contribution is 7.10. The van der Waals surface area contributed by atoms with Crippen LogP contribution in [-0.4, -0.2) is 17.8 Å². The van der Waals surface area contributed by atoms with Gasteiger partial charge >= 0.3 is 5.97 Å². The molecule has 7 nitrogen and oxygen atoms in total. The van der Waals surface area contributed by atoms with Gasteiger partial charge in [0.15, 0.2) is 0 Å². The minimum absolute atomic E-state index is 0.172. The smallest absolute Gasteiger partial charge is 0.325 e. The second kappa shape index (κ2) is 9.01. The number of anilines is 2. The van der Waals surface area contributed by atoms with Gasteiger partial charge in [0, 0.05) is 46.3 Å². The maximum absolute atomic E-state index is 14.4. The van der Waals surface area contributed by atoms with Gasteiger partial charge in [0.2, 0.25) is 5.91 Å². The number of para-hydroxylation sites is 1. The normalized spacial score (nSPS) is 26.5. The molecule has 3 N–H and O–H groups in total. The molecular formula is C32H25N3O4S. The van der Waals surface area contributed by atoms with Crippen molar-refractivity contribution in [3.8, 4) is 0 Å². The van der Waals surface area contributed by atoms with E-state index in [4.69, 9.17) is 4.74 Å². The van der Waals surface area contributed by atoms with Crippen LogP contribution in [0.5, 0.6) is 0 Å². The summed E-state index contributed by atoms with van der Waals surface area (Å²) >= 11 is 1.56. The van der Waals surface area contributed by atoms with Crippen LogP contribution >= 0.6 is 11.3 Å². The van der Waals surface area contributed by atoms with Crippen LogP contribution in [0.4, 0.5) is 11.4 Å². The average Bonchev–Trinajstić information content (AvgIpc) is 3.72. The van der Waals surface area contributed by atoms with Crippen molar-refractivity contribution < 1.29 is 19.1 Å². The summed E-state index contributed by atoms with van der Waals surface area (Å²) in [5.74, 6) is -0.994. The Morgan fingerprint density at radius 3 is 2.40 bits per heavy atom. The summed E-state index contributed by atoms with van der Waals surface area (Å²) in [7, 11) is 0. The summed E-state index contributed by atoms with van der Waals surface area (Å²) in [6.07, 6.45) is 1.85. The topological polar surface area (TPSA) is 96.5 Å². The molecule has 4 unspecified atom stereocenters. The number of nitrogens with one attached hydrogen (secondary N) is 3. The van der Waals surface area contributed by atoms with Crippen molar-refractivity contribution in [2.24, 2.45) is 5.41 Å². The van der Waals surface area contributed by atoms with Gasteiger partial charge in [0.25, 0.3) is 5.91 Å². The van der Waals surface area contributed by atoms with Gasteiger partial charge < -0.3 is 15.4 Å². The number of cyclic esters (lactones) is 1. The maximum atomic E-state index is 14.4. The molecular weight excluding hydrogens is 522 g/mol. The number of carbonyl (C=O) groups is 3. The van der Waals surface area contributed by atoms with E-state index in [1.165, 1.54) is 6.92 Å². The number of benzene rings is 3. The van der Waals surface area contributed by atoms with Crippen LogP contribution < -0.4 is 16.0 Å². The van der Waals surface area contributed by atoms with Crippen LogP contribution in [0.25, 0.3) is 5.76 Å². The molecule has 1 saturated heterocycles. The predicted octanol–water partition coefficient (Wildman–Crippen LogP) is 5.57. The first kappa shape index (κ1) is 24.5. The standard InChI is InChI=1S/C32H25N3O4S/c1-19(36)33-22-15-13-20(14-16-22)25-18-31(30(38)39-25)27(26-12-7-17-40-26)28(21-8-3-2-4-9-21)35-32(31)23-10-5-6-11-24(23)34-29(32)37/h2-18,27-28,35H,1H3,(H,33,36)(H,34,37). The van der Waals surface area contributed by atoms with Crippen molar-refractivity contribution in [3.63, 3.8) is 0 Å². The molecule has 4 atom stereocenters. The van der Waals surface area contributed by atoms with Gasteiger partial charge in [-0.25, -0.2) is 0 Å². The third kappa shape index (κ3) is 3.36. The monoisotopic (exact) mass is 547 g/mol. The molecule has 2 amide bonds. The minimum atomic E-state index is -1.41. The maximum Gasteiger partial charge on any atom is 0.325 e. The molecule has 8 heteroatoms. The van der Waals surface area contributed by atoms with Gasteiger partial charge in [0.1, 0.15) is 16.7 Å². The molecule has 3 aliphatic heterocycles. The molecule has 0 saturated carbocycles. The molecule has 0 radical (unpaired) electrons. The number of carbonyl (C=O) groups excluding carboxylic acids is 3. The van der Waals surface area contributed by atoms with E-state index in [9.17, 15) is 14.4 Å². The number of rotatable bonds is 4. The Kier molecular flexibility index (Phi) is 5.52. The molecule has 3 aliphatic rings. The summed E-state index contributed by atoms with van der Waals surface area (Å²) in [4.78, 5) is 41.1. The van der Waals surface area contributed by atoms with Crippen LogP contribution in [0.3, 0.4) is 0 Å². The summed E-state index contributed by atoms with van der Waals surface area (Å²) in [6.45, 7) is 1.45. The Balaban J connectivity index is 1.48. The SMILES string of the molecule is CC(=O)Nc1ccc(C2=CC3(C(=O)O2)C(c2cccs2)C(c2ccccc2)NC32C(=O)Nc3ccccc32)cc1. The average molecular weight is 548 g/mol. The van der Waals surface area contributed by atoms with Crippen molar-refractivity contribution >= 4 is 46.3 Å². The minimum Gasteiger partial charge on any atom is -0.425 e. The highest BCUT2D eigenvalue weighted by atomic mass is 32.1. The fourth-order valence-electron chi connectivity index (χ4n) is 6.56. The fraction of sp³-hybridized carbons (Fsp3) is 0.156. The lowest BCUT2D eigenvalue weighted by molar-refractivity contribution is -0.150. The van der Waals surface area contributed by atoms with E-state index in [0.29, 0.717) is 22.7 Å². The highest BCUT2D eigenvalue weighted by Crippen LogP contribution is 2.67. The fourth-order valence-corrected chi connectivity index (χ4v) is 7.50. The Hall–Kier alpha value is -4.53. The zero-order valence-electron chi connectivity index (χ0n) is 21.5. The summed E-state index contributed by atoms with van der Waals surface area (Å²) in [5.41, 5.74) is 0.884. The lowest BCUT2D eigenvalue weighted by atomic mass is 9.61. The Morgan fingerprint density at radius 2 is 1.68 bits per heavy atom. The van der Waals surface area contributed by atoms with Crippen molar-refractivity contribution in [2.45, 2.75) is 24.4 Å². The number of thiophene rings is 1. The molecule has 3 aromatic carbocycles. The van der Waals surface area contributed by atoms with Crippen molar-refractivity contribution in [3.05, 3.63) is 124 Å². The van der Waals surface area contributed by atoms with Gasteiger partial charge in [-0.3, -0.25) is 19.7 Å². The van der Waals surface area contributed by atoms with E-state index < -0.39 is 22.8 Å². The quantitative estimate of drug-likeness (QED) is 0.291. The van der Waals surface area contributed by atoms with E-state index >= 15 is 0 Å². The summed E-state index contributed by atoms with van der Waals surface area (Å²) in [5, 5.41) is 11.5. The van der Waals surface area contributed by atoms with E-state index in [0.717, 1.165) is 16.0 Å². The Labute approximate surface area is 234 Å². The molecule has 198 valence electrons. The summed E-state index contributed by atoms with van der Waals surface area (Å²) in [6, 6.07) is 28.2. The molecule has 7 rings (SSSR count). The van der Waals surface area contributed by atoms with Crippen LogP contribution in [0, 0.1) is 5.41 Å². The first-order valence-electron chi connectivity index (χ1n) is 13.0. The lowest BCUT2D eigenvalue weighted by Crippen LogP contribution is -2.56. The highest BCUT2D eigenvalue weighted by Gasteiger charge is 2.76. The van der Waals surface area contributed by atoms with Crippen LogP contribution in [0.2, 0.25) is 0 Å². The van der Waals surface area contributed by atoms with Crippen molar-refractivity contribution in [1.29, 1.82) is 0 Å². The number of ether oxygens (including phenoxy) is 1. The zero-order valence-corrected chi connectivity index (χ0v) is 22.3. The van der Waals surface area contributed by atoms with Gasteiger partial charge in [-0.1, -0.05) is 54.6 Å². The molecule has 4 aromatic rings. The van der Waals surface area contributed by atoms with E-state index in [2.05, 4.69) is 16.0 Å². The van der Waals surface area contributed by atoms with E-state index in [1.54, 1.807) is 35.6 Å². The van der Waals surface area contributed by atoms with E-state index in [1.807, 2.05) is 78.2 Å². The molecule has 0 bridgehead atoms. The number of fused-ring (bicyclic) bond motifs is 3. The number of hydrogen-bond acceptors (Lipinski definition) is 6. The molecule has 40 heavy (non-hydrogen) atoms. The largest absolute Gasteiger partial charge is 0.425 e. The van der Waals surface area contributed by atoms with Crippen molar-refractivity contribution in [1.82, 2.24) is 5.32 Å². The Bertz CT molecular complexity index is 1680. The predicted molar refractivity (Wildman–Crippen MR) is 153 cm³/mol. The van der Waals surface area contributed by atoms with E-state index in [-0.39, 0.29) is 17.9 Å². The number of amides is 2. The number of hydrogen-bond donors (Lipinski definition) is 3. The molecule has 1 fully saturated rings. The first-order chi connectivity index (χ1) is 19.4. The van der Waals surface area contributed by atoms with Crippen molar-refractivity contribution in [2.75, 3.05) is 10.6 Å². The van der Waals surface area contributed by atoms with Crippen LogP contribution in [0.1, 0.15) is 40.5 Å². The van der Waals surface area contributed by atoms with Gasteiger partial charge in [-0.15, -0.1) is 11.3 Å². The molecule has 2 spiro atoms. The zero-order chi connectivity index (χ0) is 27.5. The van der Waals surface area contributed by atoms with Crippen LogP contribution in [0.15, 0.2) is 102 Å². The third-order valence-corrected chi connectivity index (χ3v) is 9.09. The second-order valence-corrected chi connectivity index (χ2v) is 11.3. The molecule has 0 aliphatic carbocycles. The number of esters is 1. The van der Waals surface area contributed by atoms with Gasteiger partial charge in [-0.2, -0.15) is 0 Å². The lowest BCUT2D eigenvalue weighted by Gasteiger charge is -2.37. The molecule has 1 aromatic heterocycles.